The zero-order valence-corrected chi connectivity index (χ0v) is 14.7. The summed E-state index contributed by atoms with van der Waals surface area (Å²) < 4.78 is 11.5. The number of methoxy groups -OCH3 is 1. The summed E-state index contributed by atoms with van der Waals surface area (Å²) in [6.07, 6.45) is 2.17. The highest BCUT2D eigenvalue weighted by atomic mass is 16.5. The Morgan fingerprint density at radius 1 is 0.920 bits per heavy atom. The van der Waals surface area contributed by atoms with Crippen molar-refractivity contribution in [1.29, 1.82) is 0 Å². The Morgan fingerprint density at radius 3 is 2.44 bits per heavy atom. The fourth-order valence-corrected chi connectivity index (χ4v) is 3.21. The van der Waals surface area contributed by atoms with Crippen molar-refractivity contribution in [3.63, 3.8) is 0 Å². The van der Waals surface area contributed by atoms with Gasteiger partial charge in [0, 0.05) is 22.5 Å². The number of aromatic amines is 1. The number of fused-ring (bicyclic) bond motifs is 1. The summed E-state index contributed by atoms with van der Waals surface area (Å²) in [4.78, 5) is 3.51. The van der Waals surface area contributed by atoms with Gasteiger partial charge in [-0.3, -0.25) is 0 Å². The van der Waals surface area contributed by atoms with Crippen LogP contribution in [0.15, 0.2) is 48.5 Å². The predicted octanol–water partition coefficient (Wildman–Crippen LogP) is 5.24. The summed E-state index contributed by atoms with van der Waals surface area (Å²) in [7, 11) is 1.68. The van der Waals surface area contributed by atoms with Crippen molar-refractivity contribution in [2.45, 2.75) is 13.8 Å². The minimum Gasteiger partial charge on any atom is -0.493 e. The van der Waals surface area contributed by atoms with Gasteiger partial charge in [-0.15, -0.1) is 0 Å². The molecular weight excluding hydrogens is 310 g/mol. The molecule has 0 unspecified atom stereocenters. The minimum absolute atomic E-state index is 0.528. The van der Waals surface area contributed by atoms with Crippen molar-refractivity contribution in [3.05, 3.63) is 70.9 Å². The highest BCUT2D eigenvalue weighted by Crippen LogP contribution is 2.40. The summed E-state index contributed by atoms with van der Waals surface area (Å²) in [5.74, 6) is 1.65. The van der Waals surface area contributed by atoms with E-state index in [4.69, 9.17) is 9.47 Å². The number of ether oxygens (including phenoxy) is 2. The van der Waals surface area contributed by atoms with Crippen molar-refractivity contribution in [2.24, 2.45) is 0 Å². The van der Waals surface area contributed by atoms with Gasteiger partial charge in [0.1, 0.15) is 6.61 Å². The number of aryl methyl sites for hydroxylation is 2. The Morgan fingerprint density at radius 2 is 1.68 bits per heavy atom. The molecule has 0 atom stereocenters. The maximum absolute atomic E-state index is 6.01. The van der Waals surface area contributed by atoms with Gasteiger partial charge in [0.05, 0.1) is 7.11 Å². The SMILES string of the molecule is COc1c(C)ccc2c1OCC(c1ccc(-c3ccc(C)cc3)[nH]1)=C2. The molecule has 1 N–H and O–H groups in total. The first kappa shape index (κ1) is 15.6. The quantitative estimate of drug-likeness (QED) is 0.712. The first-order valence-corrected chi connectivity index (χ1v) is 8.43. The third-order valence-electron chi connectivity index (χ3n) is 4.64. The lowest BCUT2D eigenvalue weighted by Crippen LogP contribution is -2.08. The molecule has 0 aliphatic carbocycles. The van der Waals surface area contributed by atoms with Crippen LogP contribution in [0.5, 0.6) is 11.5 Å². The van der Waals surface area contributed by atoms with E-state index in [1.807, 2.05) is 6.92 Å². The smallest absolute Gasteiger partial charge is 0.169 e. The van der Waals surface area contributed by atoms with Gasteiger partial charge in [-0.1, -0.05) is 42.0 Å². The number of rotatable bonds is 3. The first-order valence-electron chi connectivity index (χ1n) is 8.43. The van der Waals surface area contributed by atoms with Crippen LogP contribution in [0, 0.1) is 13.8 Å². The van der Waals surface area contributed by atoms with E-state index in [1.54, 1.807) is 7.11 Å². The van der Waals surface area contributed by atoms with Crippen molar-refractivity contribution >= 4 is 11.6 Å². The van der Waals surface area contributed by atoms with Crippen molar-refractivity contribution in [2.75, 3.05) is 13.7 Å². The topological polar surface area (TPSA) is 34.2 Å². The van der Waals surface area contributed by atoms with Crippen LogP contribution in [0.3, 0.4) is 0 Å². The average molecular weight is 331 g/mol. The molecule has 3 aromatic rings. The Hall–Kier alpha value is -2.94. The molecule has 0 amide bonds. The minimum atomic E-state index is 0.528. The van der Waals surface area contributed by atoms with E-state index in [0.717, 1.165) is 39.6 Å². The Labute approximate surface area is 147 Å². The second kappa shape index (κ2) is 6.17. The molecule has 126 valence electrons. The van der Waals surface area contributed by atoms with Crippen LogP contribution in [-0.2, 0) is 0 Å². The number of aromatic nitrogens is 1. The normalized spacial score (nSPS) is 13.0. The molecule has 3 heteroatoms. The number of hydrogen-bond donors (Lipinski definition) is 1. The predicted molar refractivity (Wildman–Crippen MR) is 102 cm³/mol. The summed E-state index contributed by atoms with van der Waals surface area (Å²) in [6, 6.07) is 16.9. The van der Waals surface area contributed by atoms with Gasteiger partial charge < -0.3 is 14.5 Å². The third-order valence-corrected chi connectivity index (χ3v) is 4.64. The first-order chi connectivity index (χ1) is 12.2. The third kappa shape index (κ3) is 2.82. The van der Waals surface area contributed by atoms with Crippen molar-refractivity contribution < 1.29 is 9.47 Å². The van der Waals surface area contributed by atoms with Crippen LogP contribution in [0.1, 0.15) is 22.4 Å². The van der Waals surface area contributed by atoms with Gasteiger partial charge in [0.15, 0.2) is 11.5 Å². The van der Waals surface area contributed by atoms with Crippen LogP contribution in [0.25, 0.3) is 22.9 Å². The fraction of sp³-hybridized carbons (Fsp3) is 0.182. The van der Waals surface area contributed by atoms with Crippen molar-refractivity contribution in [3.8, 4) is 22.8 Å². The molecule has 0 bridgehead atoms. The molecule has 0 saturated heterocycles. The lowest BCUT2D eigenvalue weighted by molar-refractivity contribution is 0.326. The molecule has 2 aromatic carbocycles. The van der Waals surface area contributed by atoms with Crippen LogP contribution in [-0.4, -0.2) is 18.7 Å². The molecule has 1 aliphatic rings. The molecule has 3 nitrogen and oxygen atoms in total. The molecule has 0 radical (unpaired) electrons. The molecule has 0 saturated carbocycles. The van der Waals surface area contributed by atoms with Gasteiger partial charge >= 0.3 is 0 Å². The average Bonchev–Trinajstić information content (AvgIpc) is 3.12. The van der Waals surface area contributed by atoms with Crippen LogP contribution < -0.4 is 9.47 Å². The highest BCUT2D eigenvalue weighted by Gasteiger charge is 2.19. The van der Waals surface area contributed by atoms with E-state index in [1.165, 1.54) is 11.1 Å². The van der Waals surface area contributed by atoms with Gasteiger partial charge in [0.2, 0.25) is 0 Å². The molecule has 25 heavy (non-hydrogen) atoms. The monoisotopic (exact) mass is 331 g/mol. The van der Waals surface area contributed by atoms with E-state index < -0.39 is 0 Å². The summed E-state index contributed by atoms with van der Waals surface area (Å²) >= 11 is 0. The second-order valence-electron chi connectivity index (χ2n) is 6.44. The Kier molecular flexibility index (Phi) is 3.85. The standard InChI is InChI=1S/C22H21NO2/c1-14-4-7-16(8-5-14)19-10-11-20(23-19)18-12-17-9-6-15(2)21(24-3)22(17)25-13-18/h4-12,23H,13H2,1-3H3. The molecule has 1 aromatic heterocycles. The summed E-state index contributed by atoms with van der Waals surface area (Å²) in [5, 5.41) is 0. The molecule has 0 spiro atoms. The van der Waals surface area contributed by atoms with E-state index in [9.17, 15) is 0 Å². The van der Waals surface area contributed by atoms with E-state index in [-0.39, 0.29) is 0 Å². The highest BCUT2D eigenvalue weighted by molar-refractivity contribution is 5.86. The molecule has 1 aliphatic heterocycles. The molecular formula is C22H21NO2. The van der Waals surface area contributed by atoms with Crippen LogP contribution in [0.4, 0.5) is 0 Å². The lowest BCUT2D eigenvalue weighted by atomic mass is 10.0. The largest absolute Gasteiger partial charge is 0.493 e. The molecule has 4 rings (SSSR count). The number of nitrogens with one attached hydrogen (secondary N) is 1. The number of H-pyrrole nitrogens is 1. The molecule has 0 fully saturated rings. The summed E-state index contributed by atoms with van der Waals surface area (Å²) in [6.45, 7) is 4.66. The fourth-order valence-electron chi connectivity index (χ4n) is 3.21. The van der Waals surface area contributed by atoms with Crippen molar-refractivity contribution in [1.82, 2.24) is 4.98 Å². The van der Waals surface area contributed by atoms with Crippen LogP contribution in [0.2, 0.25) is 0 Å². The maximum atomic E-state index is 6.01. The van der Waals surface area contributed by atoms with E-state index >= 15 is 0 Å². The Balaban J connectivity index is 1.68. The maximum Gasteiger partial charge on any atom is 0.169 e. The van der Waals surface area contributed by atoms with E-state index in [0.29, 0.717) is 6.61 Å². The van der Waals surface area contributed by atoms with Gasteiger partial charge in [-0.2, -0.15) is 0 Å². The van der Waals surface area contributed by atoms with E-state index in [2.05, 4.69) is 66.5 Å². The van der Waals surface area contributed by atoms with Crippen LogP contribution >= 0.6 is 0 Å². The zero-order valence-electron chi connectivity index (χ0n) is 14.7. The Bertz CT molecular complexity index is 949. The number of benzene rings is 2. The lowest BCUT2D eigenvalue weighted by Gasteiger charge is -2.21. The van der Waals surface area contributed by atoms with Gasteiger partial charge in [-0.25, -0.2) is 0 Å². The van der Waals surface area contributed by atoms with Gasteiger partial charge in [-0.05, 0) is 43.2 Å². The zero-order chi connectivity index (χ0) is 17.4. The second-order valence-corrected chi connectivity index (χ2v) is 6.44. The van der Waals surface area contributed by atoms with Gasteiger partial charge in [0.25, 0.3) is 0 Å². The molecule has 2 heterocycles. The number of hydrogen-bond acceptors (Lipinski definition) is 2. The summed E-state index contributed by atoms with van der Waals surface area (Å²) in [5.41, 5.74) is 7.92.